The average Bonchev–Trinajstić information content (AvgIpc) is 3.37. The van der Waals surface area contributed by atoms with Crippen LogP contribution in [-0.4, -0.2) is 18.0 Å². The molecule has 0 unspecified atom stereocenters. The topological polar surface area (TPSA) is 56.9 Å². The average molecular weight is 386 g/mol. The van der Waals surface area contributed by atoms with Gasteiger partial charge in [0.15, 0.2) is 17.1 Å². The highest BCUT2D eigenvalue weighted by atomic mass is 19.1. The molecule has 0 N–H and O–H groups in total. The maximum absolute atomic E-state index is 13.1. The molecule has 0 bridgehead atoms. The van der Waals surface area contributed by atoms with E-state index in [0.717, 1.165) is 28.3 Å². The molecule has 1 aromatic heterocycles. The van der Waals surface area contributed by atoms with Crippen molar-refractivity contribution in [1.29, 1.82) is 0 Å². The first-order chi connectivity index (χ1) is 14.2. The second-order valence-electron chi connectivity index (χ2n) is 6.43. The van der Waals surface area contributed by atoms with Gasteiger partial charge in [0.25, 0.3) is 0 Å². The van der Waals surface area contributed by atoms with Gasteiger partial charge in [-0.15, -0.1) is 0 Å². The van der Waals surface area contributed by atoms with E-state index in [2.05, 4.69) is 9.98 Å². The van der Waals surface area contributed by atoms with E-state index in [1.807, 2.05) is 48.6 Å². The molecule has 1 aliphatic heterocycles. The van der Waals surface area contributed by atoms with Gasteiger partial charge in [-0.25, -0.2) is 9.37 Å². The summed E-state index contributed by atoms with van der Waals surface area (Å²) in [5.74, 6) is 1.66. The van der Waals surface area contributed by atoms with E-state index in [1.165, 1.54) is 12.1 Å². The molecule has 0 saturated heterocycles. The molecular formula is C23H15FN2O3. The lowest BCUT2D eigenvalue weighted by molar-refractivity contribution is 0.174. The zero-order valence-electron chi connectivity index (χ0n) is 15.2. The van der Waals surface area contributed by atoms with Gasteiger partial charge in [0.05, 0.1) is 5.69 Å². The Hall–Kier alpha value is -3.93. The number of halogens is 1. The van der Waals surface area contributed by atoms with Crippen LogP contribution >= 0.6 is 0 Å². The van der Waals surface area contributed by atoms with Gasteiger partial charge in [0.1, 0.15) is 11.3 Å². The highest BCUT2D eigenvalue weighted by Crippen LogP contribution is 2.32. The SMILES string of the molecule is Fc1ccc(-c2nc3cc(N=C/C=C/c4ccc5c(c4)OCO5)ccc3o2)cc1. The second kappa shape index (κ2) is 7.24. The number of oxazole rings is 1. The Morgan fingerprint density at radius 3 is 2.69 bits per heavy atom. The van der Waals surface area contributed by atoms with Gasteiger partial charge in [0.2, 0.25) is 12.7 Å². The van der Waals surface area contributed by atoms with Crippen LogP contribution in [0.3, 0.4) is 0 Å². The molecule has 1 aliphatic rings. The normalized spacial score (nSPS) is 13.1. The van der Waals surface area contributed by atoms with Gasteiger partial charge in [-0.2, -0.15) is 0 Å². The maximum Gasteiger partial charge on any atom is 0.231 e. The van der Waals surface area contributed by atoms with Gasteiger partial charge in [-0.1, -0.05) is 12.1 Å². The fourth-order valence-corrected chi connectivity index (χ4v) is 3.01. The minimum Gasteiger partial charge on any atom is -0.454 e. The van der Waals surface area contributed by atoms with Crippen molar-refractivity contribution in [2.75, 3.05) is 6.79 Å². The van der Waals surface area contributed by atoms with Crippen LogP contribution in [0, 0.1) is 5.82 Å². The Bertz CT molecular complexity index is 1240. The molecule has 4 aromatic rings. The summed E-state index contributed by atoms with van der Waals surface area (Å²) >= 11 is 0. The number of hydrogen-bond donors (Lipinski definition) is 0. The molecule has 0 saturated carbocycles. The zero-order valence-corrected chi connectivity index (χ0v) is 15.2. The first kappa shape index (κ1) is 17.2. The Morgan fingerprint density at radius 1 is 0.931 bits per heavy atom. The number of aromatic nitrogens is 1. The largest absolute Gasteiger partial charge is 0.454 e. The third-order valence-corrected chi connectivity index (χ3v) is 4.46. The van der Waals surface area contributed by atoms with Crippen molar-refractivity contribution < 1.29 is 18.3 Å². The minimum atomic E-state index is -0.296. The molecule has 3 aromatic carbocycles. The lowest BCUT2D eigenvalue weighted by Gasteiger charge is -1.96. The van der Waals surface area contributed by atoms with Gasteiger partial charge in [0, 0.05) is 11.8 Å². The fraction of sp³-hybridized carbons (Fsp3) is 0.0435. The first-order valence-corrected chi connectivity index (χ1v) is 9.01. The predicted octanol–water partition coefficient (Wildman–Crippen LogP) is 5.78. The summed E-state index contributed by atoms with van der Waals surface area (Å²) in [6.45, 7) is 0.261. The van der Waals surface area contributed by atoms with Crippen molar-refractivity contribution in [1.82, 2.24) is 4.98 Å². The van der Waals surface area contributed by atoms with E-state index in [-0.39, 0.29) is 12.6 Å². The van der Waals surface area contributed by atoms with Crippen LogP contribution in [0.4, 0.5) is 10.1 Å². The monoisotopic (exact) mass is 386 g/mol. The lowest BCUT2D eigenvalue weighted by Crippen LogP contribution is -1.92. The van der Waals surface area contributed by atoms with E-state index in [9.17, 15) is 4.39 Å². The Labute approximate surface area is 165 Å². The van der Waals surface area contributed by atoms with Crippen LogP contribution in [0.15, 0.2) is 76.1 Å². The zero-order chi connectivity index (χ0) is 19.6. The summed E-state index contributed by atoms with van der Waals surface area (Å²) in [5, 5.41) is 0. The van der Waals surface area contributed by atoms with Crippen molar-refractivity contribution in [3.8, 4) is 23.0 Å². The van der Waals surface area contributed by atoms with Crippen molar-refractivity contribution in [2.24, 2.45) is 4.99 Å². The van der Waals surface area contributed by atoms with Gasteiger partial charge in [-0.05, 0) is 66.2 Å². The van der Waals surface area contributed by atoms with Gasteiger partial charge >= 0.3 is 0 Å². The van der Waals surface area contributed by atoms with Crippen LogP contribution in [0.5, 0.6) is 11.5 Å². The number of nitrogens with zero attached hydrogens (tertiary/aromatic N) is 2. The van der Waals surface area contributed by atoms with Crippen molar-refractivity contribution >= 4 is 29.1 Å². The van der Waals surface area contributed by atoms with Crippen molar-refractivity contribution in [3.63, 3.8) is 0 Å². The molecule has 29 heavy (non-hydrogen) atoms. The third kappa shape index (κ3) is 3.60. The Morgan fingerprint density at radius 2 is 1.79 bits per heavy atom. The fourth-order valence-electron chi connectivity index (χ4n) is 3.01. The first-order valence-electron chi connectivity index (χ1n) is 9.01. The molecular weight excluding hydrogens is 371 g/mol. The summed E-state index contributed by atoms with van der Waals surface area (Å²) < 4.78 is 29.5. The highest BCUT2D eigenvalue weighted by Gasteiger charge is 2.12. The number of allylic oxidation sites excluding steroid dienone is 1. The van der Waals surface area contributed by atoms with Gasteiger partial charge in [-0.3, -0.25) is 4.99 Å². The lowest BCUT2D eigenvalue weighted by atomic mass is 10.2. The van der Waals surface area contributed by atoms with E-state index in [1.54, 1.807) is 18.3 Å². The summed E-state index contributed by atoms with van der Waals surface area (Å²) in [5.41, 5.74) is 3.82. The summed E-state index contributed by atoms with van der Waals surface area (Å²) in [4.78, 5) is 8.91. The number of fused-ring (bicyclic) bond motifs is 2. The Kier molecular flexibility index (Phi) is 4.29. The molecule has 6 heteroatoms. The summed E-state index contributed by atoms with van der Waals surface area (Å²) in [6.07, 6.45) is 5.51. The summed E-state index contributed by atoms with van der Waals surface area (Å²) in [7, 11) is 0. The second-order valence-corrected chi connectivity index (χ2v) is 6.43. The standard InChI is InChI=1S/C23H15FN2O3/c24-17-6-4-16(5-7-17)23-26-19-13-18(8-10-20(19)29-23)25-11-1-2-15-3-9-21-22(12-15)28-14-27-21/h1-13H,14H2/b2-1+,25-11?. The minimum absolute atomic E-state index is 0.261. The van der Waals surface area contributed by atoms with E-state index >= 15 is 0 Å². The van der Waals surface area contributed by atoms with Crippen LogP contribution in [0.25, 0.3) is 28.6 Å². The summed E-state index contributed by atoms with van der Waals surface area (Å²) in [6, 6.07) is 17.3. The van der Waals surface area contributed by atoms with Crippen LogP contribution in [-0.2, 0) is 0 Å². The molecule has 142 valence electrons. The quantitative estimate of drug-likeness (QED) is 0.417. The highest BCUT2D eigenvalue weighted by molar-refractivity contribution is 5.84. The van der Waals surface area contributed by atoms with Crippen molar-refractivity contribution in [3.05, 3.63) is 78.1 Å². The van der Waals surface area contributed by atoms with E-state index < -0.39 is 0 Å². The number of aliphatic imine (C=N–C) groups is 1. The molecule has 0 amide bonds. The smallest absolute Gasteiger partial charge is 0.231 e. The molecule has 0 radical (unpaired) electrons. The maximum atomic E-state index is 13.1. The number of rotatable bonds is 4. The number of benzene rings is 3. The third-order valence-electron chi connectivity index (χ3n) is 4.46. The molecule has 5 rings (SSSR count). The van der Waals surface area contributed by atoms with Crippen LogP contribution < -0.4 is 9.47 Å². The van der Waals surface area contributed by atoms with Gasteiger partial charge < -0.3 is 13.9 Å². The molecule has 5 nitrogen and oxygen atoms in total. The van der Waals surface area contributed by atoms with E-state index in [0.29, 0.717) is 17.0 Å². The molecule has 0 aliphatic carbocycles. The van der Waals surface area contributed by atoms with Crippen LogP contribution in [0.1, 0.15) is 5.56 Å². The Balaban J connectivity index is 1.33. The molecule has 0 spiro atoms. The molecule has 0 fully saturated rings. The van der Waals surface area contributed by atoms with Crippen molar-refractivity contribution in [2.45, 2.75) is 0 Å². The molecule has 2 heterocycles. The predicted molar refractivity (Wildman–Crippen MR) is 109 cm³/mol. The van der Waals surface area contributed by atoms with Crippen LogP contribution in [0.2, 0.25) is 0 Å². The number of ether oxygens (including phenoxy) is 2. The van der Waals surface area contributed by atoms with E-state index in [4.69, 9.17) is 13.9 Å². The number of hydrogen-bond acceptors (Lipinski definition) is 5. The molecule has 0 atom stereocenters.